The largest absolute Gasteiger partial charge is 0.497 e. The van der Waals surface area contributed by atoms with Crippen LogP contribution in [0.3, 0.4) is 0 Å². The molecule has 3 heterocycles. The SMILES string of the molecule is COc1ccc2c(=O)n(-c3ccc(N4CC[C@@H](N5CCCC5)C4)cc3)ccc2c1. The van der Waals surface area contributed by atoms with Crippen LogP contribution < -0.4 is 15.2 Å². The highest BCUT2D eigenvalue weighted by atomic mass is 16.5. The van der Waals surface area contributed by atoms with Gasteiger partial charge in [0.1, 0.15) is 5.75 Å². The van der Waals surface area contributed by atoms with E-state index in [0.29, 0.717) is 11.4 Å². The van der Waals surface area contributed by atoms with Crippen LogP contribution in [-0.4, -0.2) is 48.8 Å². The van der Waals surface area contributed by atoms with E-state index in [9.17, 15) is 4.79 Å². The van der Waals surface area contributed by atoms with E-state index in [0.717, 1.165) is 29.9 Å². The minimum Gasteiger partial charge on any atom is -0.497 e. The van der Waals surface area contributed by atoms with E-state index < -0.39 is 0 Å². The minimum atomic E-state index is -0.00632. The minimum absolute atomic E-state index is 0.00632. The summed E-state index contributed by atoms with van der Waals surface area (Å²) >= 11 is 0. The third kappa shape index (κ3) is 3.40. The van der Waals surface area contributed by atoms with Gasteiger partial charge in [0, 0.05) is 42.1 Å². The van der Waals surface area contributed by atoms with Crippen LogP contribution in [0.15, 0.2) is 59.5 Å². The summed E-state index contributed by atoms with van der Waals surface area (Å²) in [5.41, 5.74) is 2.13. The number of aromatic nitrogens is 1. The smallest absolute Gasteiger partial charge is 0.262 e. The molecule has 1 aromatic heterocycles. The molecule has 2 aliphatic rings. The van der Waals surface area contributed by atoms with E-state index in [4.69, 9.17) is 4.74 Å². The molecule has 1 atom stereocenters. The maximum Gasteiger partial charge on any atom is 0.262 e. The van der Waals surface area contributed by atoms with Crippen LogP contribution in [0.25, 0.3) is 16.5 Å². The van der Waals surface area contributed by atoms with Crippen molar-refractivity contribution in [2.75, 3.05) is 38.2 Å². The van der Waals surface area contributed by atoms with Crippen LogP contribution in [0.4, 0.5) is 5.69 Å². The van der Waals surface area contributed by atoms with Gasteiger partial charge in [-0.05, 0) is 86.3 Å². The zero-order valence-corrected chi connectivity index (χ0v) is 16.9. The van der Waals surface area contributed by atoms with E-state index >= 15 is 0 Å². The summed E-state index contributed by atoms with van der Waals surface area (Å²) < 4.78 is 6.98. The number of pyridine rings is 1. The van der Waals surface area contributed by atoms with Crippen LogP contribution in [0.1, 0.15) is 19.3 Å². The van der Waals surface area contributed by atoms with Gasteiger partial charge < -0.3 is 9.64 Å². The zero-order valence-electron chi connectivity index (χ0n) is 16.9. The molecular weight excluding hydrogens is 362 g/mol. The Morgan fingerprint density at radius 1 is 0.931 bits per heavy atom. The number of benzene rings is 2. The Hall–Kier alpha value is -2.79. The molecule has 2 aliphatic heterocycles. The average molecular weight is 389 g/mol. The number of hydrogen-bond acceptors (Lipinski definition) is 4. The van der Waals surface area contributed by atoms with E-state index in [-0.39, 0.29) is 5.56 Å². The van der Waals surface area contributed by atoms with Crippen LogP contribution in [0, 0.1) is 0 Å². The lowest BCUT2D eigenvalue weighted by atomic mass is 10.1. The Bertz CT molecular complexity index is 1070. The Balaban J connectivity index is 1.38. The zero-order chi connectivity index (χ0) is 19.8. The molecule has 0 saturated carbocycles. The second-order valence-electron chi connectivity index (χ2n) is 8.09. The molecule has 0 radical (unpaired) electrons. The molecule has 0 spiro atoms. The van der Waals surface area contributed by atoms with Crippen LogP contribution in [-0.2, 0) is 0 Å². The van der Waals surface area contributed by atoms with Crippen molar-refractivity contribution < 1.29 is 4.74 Å². The molecule has 0 bridgehead atoms. The van der Waals surface area contributed by atoms with Gasteiger partial charge in [0.05, 0.1) is 7.11 Å². The van der Waals surface area contributed by atoms with Crippen LogP contribution >= 0.6 is 0 Å². The van der Waals surface area contributed by atoms with Crippen molar-refractivity contribution in [2.24, 2.45) is 0 Å². The van der Waals surface area contributed by atoms with Gasteiger partial charge in [0.25, 0.3) is 5.56 Å². The molecule has 0 amide bonds. The van der Waals surface area contributed by atoms with Gasteiger partial charge in [-0.25, -0.2) is 0 Å². The second kappa shape index (κ2) is 7.56. The highest BCUT2D eigenvalue weighted by Crippen LogP contribution is 2.26. The molecule has 5 rings (SSSR count). The predicted molar refractivity (Wildman–Crippen MR) is 118 cm³/mol. The standard InChI is InChI=1S/C24H27N3O2/c1-29-22-8-9-23-18(16-22)10-15-27(24(23)28)20-6-4-19(5-7-20)26-14-11-21(17-26)25-12-2-3-13-25/h4-10,15-16,21H,2-3,11-14,17H2,1H3/t21-/m1/s1. The number of methoxy groups -OCH3 is 1. The van der Waals surface area contributed by atoms with Crippen LogP contribution in [0.2, 0.25) is 0 Å². The van der Waals surface area contributed by atoms with E-state index in [2.05, 4.69) is 34.1 Å². The normalized spacial score (nSPS) is 19.9. The summed E-state index contributed by atoms with van der Waals surface area (Å²) in [6.45, 7) is 4.73. The first kappa shape index (κ1) is 18.3. The van der Waals surface area contributed by atoms with Gasteiger partial charge >= 0.3 is 0 Å². The molecule has 5 heteroatoms. The first-order valence-corrected chi connectivity index (χ1v) is 10.5. The number of fused-ring (bicyclic) bond motifs is 1. The summed E-state index contributed by atoms with van der Waals surface area (Å²) in [6.07, 6.45) is 5.78. The molecule has 150 valence electrons. The summed E-state index contributed by atoms with van der Waals surface area (Å²) in [6, 6.07) is 16.6. The number of anilines is 1. The molecule has 29 heavy (non-hydrogen) atoms. The fraction of sp³-hybridized carbons (Fsp3) is 0.375. The van der Waals surface area contributed by atoms with Gasteiger partial charge in [-0.2, -0.15) is 0 Å². The topological polar surface area (TPSA) is 37.7 Å². The molecule has 0 aliphatic carbocycles. The predicted octanol–water partition coefficient (Wildman–Crippen LogP) is 3.67. The highest BCUT2D eigenvalue weighted by Gasteiger charge is 2.29. The third-order valence-electron chi connectivity index (χ3n) is 6.42. The van der Waals surface area contributed by atoms with Gasteiger partial charge in [-0.1, -0.05) is 0 Å². The fourth-order valence-electron chi connectivity index (χ4n) is 4.76. The van der Waals surface area contributed by atoms with Crippen molar-refractivity contribution in [3.05, 3.63) is 65.1 Å². The Morgan fingerprint density at radius 3 is 2.45 bits per heavy atom. The highest BCUT2D eigenvalue weighted by molar-refractivity contribution is 5.83. The van der Waals surface area contributed by atoms with Gasteiger partial charge in [-0.3, -0.25) is 14.3 Å². The monoisotopic (exact) mass is 389 g/mol. The van der Waals surface area contributed by atoms with Crippen molar-refractivity contribution in [3.63, 3.8) is 0 Å². The van der Waals surface area contributed by atoms with E-state index in [1.165, 1.54) is 38.0 Å². The lowest BCUT2D eigenvalue weighted by molar-refractivity contribution is 0.260. The quantitative estimate of drug-likeness (QED) is 0.682. The molecule has 5 nitrogen and oxygen atoms in total. The Morgan fingerprint density at radius 2 is 1.69 bits per heavy atom. The molecule has 2 saturated heterocycles. The van der Waals surface area contributed by atoms with Gasteiger partial charge in [0.15, 0.2) is 0 Å². The van der Waals surface area contributed by atoms with Crippen molar-refractivity contribution in [1.29, 1.82) is 0 Å². The molecule has 2 fully saturated rings. The lowest BCUT2D eigenvalue weighted by Crippen LogP contribution is -2.35. The first-order valence-electron chi connectivity index (χ1n) is 10.5. The number of rotatable bonds is 4. The summed E-state index contributed by atoms with van der Waals surface area (Å²) in [5, 5.41) is 1.60. The maximum atomic E-state index is 13.0. The van der Waals surface area contributed by atoms with E-state index in [1.807, 2.05) is 30.5 Å². The number of hydrogen-bond donors (Lipinski definition) is 0. The van der Waals surface area contributed by atoms with Gasteiger partial charge in [-0.15, -0.1) is 0 Å². The molecule has 0 N–H and O–H groups in total. The fourth-order valence-corrected chi connectivity index (χ4v) is 4.76. The molecule has 3 aromatic rings. The van der Waals surface area contributed by atoms with Crippen molar-refractivity contribution in [2.45, 2.75) is 25.3 Å². The summed E-state index contributed by atoms with van der Waals surface area (Å²) in [7, 11) is 1.64. The lowest BCUT2D eigenvalue weighted by Gasteiger charge is -2.24. The molecule has 2 aromatic carbocycles. The Kier molecular flexibility index (Phi) is 4.76. The number of ether oxygens (including phenoxy) is 1. The summed E-state index contributed by atoms with van der Waals surface area (Å²) in [4.78, 5) is 18.1. The van der Waals surface area contributed by atoms with Crippen molar-refractivity contribution in [1.82, 2.24) is 9.47 Å². The maximum absolute atomic E-state index is 13.0. The Labute approximate surface area is 171 Å². The van der Waals surface area contributed by atoms with Crippen molar-refractivity contribution >= 4 is 16.5 Å². The number of nitrogens with zero attached hydrogens (tertiary/aromatic N) is 3. The summed E-state index contributed by atoms with van der Waals surface area (Å²) in [5.74, 6) is 0.761. The van der Waals surface area contributed by atoms with Gasteiger partial charge in [0.2, 0.25) is 0 Å². The number of likely N-dealkylation sites (tertiary alicyclic amines) is 1. The van der Waals surface area contributed by atoms with Crippen LogP contribution in [0.5, 0.6) is 5.75 Å². The molecular formula is C24H27N3O2. The average Bonchev–Trinajstić information content (AvgIpc) is 3.46. The molecule has 0 unspecified atom stereocenters. The first-order chi connectivity index (χ1) is 14.2. The second-order valence-corrected chi connectivity index (χ2v) is 8.09. The van der Waals surface area contributed by atoms with Crippen molar-refractivity contribution in [3.8, 4) is 11.4 Å². The third-order valence-corrected chi connectivity index (χ3v) is 6.42. The van der Waals surface area contributed by atoms with E-state index in [1.54, 1.807) is 11.7 Å².